The third-order valence-corrected chi connectivity index (χ3v) is 4.01. The van der Waals surface area contributed by atoms with Crippen LogP contribution in [0.4, 0.5) is 0 Å². The van der Waals surface area contributed by atoms with Crippen LogP contribution in [-0.2, 0) is 9.53 Å². The lowest BCUT2D eigenvalue weighted by atomic mass is 9.90. The van der Waals surface area contributed by atoms with Crippen LogP contribution < -0.4 is 5.32 Å². The average Bonchev–Trinajstić information content (AvgIpc) is 2.74. The minimum Gasteiger partial charge on any atom is -0.465 e. The number of hydrogen-bond donors (Lipinski definition) is 1. The monoisotopic (exact) mass is 225 g/mol. The van der Waals surface area contributed by atoms with E-state index in [-0.39, 0.29) is 11.9 Å². The van der Waals surface area contributed by atoms with E-state index in [4.69, 9.17) is 4.74 Å². The van der Waals surface area contributed by atoms with Crippen LogP contribution in [-0.4, -0.2) is 25.2 Å². The van der Waals surface area contributed by atoms with Crippen molar-refractivity contribution in [1.82, 2.24) is 5.32 Å². The highest BCUT2D eigenvalue weighted by Crippen LogP contribution is 2.24. The predicted octanol–water partition coefficient (Wildman–Crippen LogP) is 2.11. The Bertz CT molecular complexity index is 236. The average molecular weight is 225 g/mol. The van der Waals surface area contributed by atoms with Gasteiger partial charge in [-0.25, -0.2) is 0 Å². The van der Waals surface area contributed by atoms with Crippen LogP contribution in [0.3, 0.4) is 0 Å². The maximum atomic E-state index is 11.8. The van der Waals surface area contributed by atoms with Crippen molar-refractivity contribution >= 4 is 5.97 Å². The minimum absolute atomic E-state index is 0.0167. The van der Waals surface area contributed by atoms with Crippen LogP contribution in [0, 0.1) is 11.8 Å². The van der Waals surface area contributed by atoms with Crippen molar-refractivity contribution in [3.8, 4) is 0 Å². The lowest BCUT2D eigenvalue weighted by Crippen LogP contribution is -2.30. The Kier molecular flexibility index (Phi) is 4.22. The molecule has 2 atom stereocenters. The molecular formula is C13H23NO2. The normalized spacial score (nSPS) is 31.6. The summed E-state index contributed by atoms with van der Waals surface area (Å²) < 4.78 is 5.46. The Balaban J connectivity index is 1.70. The second kappa shape index (κ2) is 5.67. The number of esters is 1. The number of carbonyl (C=O) groups is 1. The molecule has 2 aliphatic rings. The molecule has 2 unspecified atom stereocenters. The van der Waals surface area contributed by atoms with Crippen molar-refractivity contribution < 1.29 is 9.53 Å². The van der Waals surface area contributed by atoms with Crippen LogP contribution in [0.5, 0.6) is 0 Å². The quantitative estimate of drug-likeness (QED) is 0.748. The molecule has 0 aromatic carbocycles. The van der Waals surface area contributed by atoms with Crippen LogP contribution >= 0.6 is 0 Å². The van der Waals surface area contributed by atoms with E-state index in [2.05, 4.69) is 12.2 Å². The second-order valence-electron chi connectivity index (χ2n) is 5.27. The summed E-state index contributed by atoms with van der Waals surface area (Å²) in [7, 11) is 0. The smallest absolute Gasteiger partial charge is 0.310 e. The maximum Gasteiger partial charge on any atom is 0.310 e. The molecule has 1 N–H and O–H groups in total. The Hall–Kier alpha value is -0.570. The number of hydrogen-bond acceptors (Lipinski definition) is 3. The van der Waals surface area contributed by atoms with Crippen molar-refractivity contribution in [2.24, 2.45) is 11.8 Å². The van der Waals surface area contributed by atoms with Crippen molar-refractivity contribution in [3.63, 3.8) is 0 Å². The van der Waals surface area contributed by atoms with Crippen LogP contribution in [0.15, 0.2) is 0 Å². The van der Waals surface area contributed by atoms with Gasteiger partial charge in [-0.2, -0.15) is 0 Å². The van der Waals surface area contributed by atoms with E-state index in [1.807, 2.05) is 0 Å². The number of carbonyl (C=O) groups excluding carboxylic acids is 1. The second-order valence-corrected chi connectivity index (χ2v) is 5.27. The largest absolute Gasteiger partial charge is 0.465 e. The van der Waals surface area contributed by atoms with Gasteiger partial charge in [0.25, 0.3) is 0 Å². The highest BCUT2D eigenvalue weighted by atomic mass is 16.5. The molecule has 0 aromatic rings. The predicted molar refractivity (Wildman–Crippen MR) is 63.1 cm³/mol. The summed E-state index contributed by atoms with van der Waals surface area (Å²) in [5.41, 5.74) is 0. The molecule has 1 saturated heterocycles. The van der Waals surface area contributed by atoms with Crippen molar-refractivity contribution in [2.75, 3.05) is 13.2 Å². The molecule has 1 saturated carbocycles. The molecule has 0 aromatic heterocycles. The molecule has 1 aliphatic carbocycles. The number of nitrogens with one attached hydrogen (secondary N) is 1. The Morgan fingerprint density at radius 1 is 1.25 bits per heavy atom. The van der Waals surface area contributed by atoms with Crippen LogP contribution in [0.2, 0.25) is 0 Å². The molecular weight excluding hydrogens is 202 g/mol. The standard InChI is InChI=1S/C13H23NO2/c1-10-12(7-8-14-10)13(15)16-9-11-5-3-2-4-6-11/h10-12,14H,2-9H2,1H3. The first-order chi connectivity index (χ1) is 7.77. The van der Waals surface area contributed by atoms with Gasteiger partial charge in [-0.3, -0.25) is 4.79 Å². The fourth-order valence-electron chi connectivity index (χ4n) is 2.84. The van der Waals surface area contributed by atoms with Gasteiger partial charge in [0, 0.05) is 6.04 Å². The SMILES string of the molecule is CC1NCCC1C(=O)OCC1CCCCC1. The van der Waals surface area contributed by atoms with Gasteiger partial charge >= 0.3 is 5.97 Å². The molecule has 0 spiro atoms. The summed E-state index contributed by atoms with van der Waals surface area (Å²) in [4.78, 5) is 11.8. The fourth-order valence-corrected chi connectivity index (χ4v) is 2.84. The van der Waals surface area contributed by atoms with E-state index in [1.165, 1.54) is 32.1 Å². The molecule has 1 heterocycles. The van der Waals surface area contributed by atoms with Gasteiger partial charge in [0.1, 0.15) is 0 Å². The first-order valence-corrected chi connectivity index (χ1v) is 6.67. The molecule has 3 nitrogen and oxygen atoms in total. The van der Waals surface area contributed by atoms with Gasteiger partial charge < -0.3 is 10.1 Å². The van der Waals surface area contributed by atoms with Gasteiger partial charge in [0.05, 0.1) is 12.5 Å². The molecule has 92 valence electrons. The third kappa shape index (κ3) is 2.97. The third-order valence-electron chi connectivity index (χ3n) is 4.01. The van der Waals surface area contributed by atoms with Crippen LogP contribution in [0.25, 0.3) is 0 Å². The highest BCUT2D eigenvalue weighted by Gasteiger charge is 2.31. The van der Waals surface area contributed by atoms with E-state index in [0.717, 1.165) is 13.0 Å². The van der Waals surface area contributed by atoms with E-state index < -0.39 is 0 Å². The lowest BCUT2D eigenvalue weighted by Gasteiger charge is -2.22. The first-order valence-electron chi connectivity index (χ1n) is 6.67. The lowest BCUT2D eigenvalue weighted by molar-refractivity contribution is -0.150. The zero-order chi connectivity index (χ0) is 11.4. The molecule has 3 heteroatoms. The van der Waals surface area contributed by atoms with Gasteiger partial charge in [0.2, 0.25) is 0 Å². The zero-order valence-corrected chi connectivity index (χ0v) is 10.2. The highest BCUT2D eigenvalue weighted by molar-refractivity contribution is 5.73. The summed E-state index contributed by atoms with van der Waals surface area (Å²) in [6.45, 7) is 3.67. The van der Waals surface area contributed by atoms with Crippen molar-refractivity contribution in [3.05, 3.63) is 0 Å². The molecule has 2 fully saturated rings. The first kappa shape index (κ1) is 11.9. The summed E-state index contributed by atoms with van der Waals surface area (Å²) in [6.07, 6.45) is 7.39. The van der Waals surface area contributed by atoms with Crippen molar-refractivity contribution in [2.45, 2.75) is 51.5 Å². The van der Waals surface area contributed by atoms with Gasteiger partial charge in [0.15, 0.2) is 0 Å². The molecule has 0 radical (unpaired) electrons. The van der Waals surface area contributed by atoms with E-state index in [1.54, 1.807) is 0 Å². The topological polar surface area (TPSA) is 38.3 Å². The summed E-state index contributed by atoms with van der Waals surface area (Å²) in [5.74, 6) is 0.731. The Morgan fingerprint density at radius 2 is 2.00 bits per heavy atom. The van der Waals surface area contributed by atoms with E-state index in [0.29, 0.717) is 18.6 Å². The summed E-state index contributed by atoms with van der Waals surface area (Å²) >= 11 is 0. The number of rotatable bonds is 3. The summed E-state index contributed by atoms with van der Waals surface area (Å²) in [6, 6.07) is 0.291. The van der Waals surface area contributed by atoms with Crippen molar-refractivity contribution in [1.29, 1.82) is 0 Å². The Labute approximate surface area is 97.9 Å². The number of ether oxygens (including phenoxy) is 1. The molecule has 0 amide bonds. The van der Waals surface area contributed by atoms with Crippen LogP contribution in [0.1, 0.15) is 45.4 Å². The van der Waals surface area contributed by atoms with Gasteiger partial charge in [-0.1, -0.05) is 19.3 Å². The van der Waals surface area contributed by atoms with E-state index >= 15 is 0 Å². The molecule has 16 heavy (non-hydrogen) atoms. The minimum atomic E-state index is 0.0167. The maximum absolute atomic E-state index is 11.8. The molecule has 1 aliphatic heterocycles. The molecule has 2 rings (SSSR count). The van der Waals surface area contributed by atoms with E-state index in [9.17, 15) is 4.79 Å². The fraction of sp³-hybridized carbons (Fsp3) is 0.923. The molecule has 0 bridgehead atoms. The van der Waals surface area contributed by atoms with Gasteiger partial charge in [-0.15, -0.1) is 0 Å². The van der Waals surface area contributed by atoms with Gasteiger partial charge in [-0.05, 0) is 38.6 Å². The summed E-state index contributed by atoms with van der Waals surface area (Å²) in [5, 5.41) is 3.29. The zero-order valence-electron chi connectivity index (χ0n) is 10.2. The Morgan fingerprint density at radius 3 is 2.62 bits per heavy atom.